The zero-order valence-corrected chi connectivity index (χ0v) is 11.3. The van der Waals surface area contributed by atoms with Gasteiger partial charge >= 0.3 is 6.03 Å². The van der Waals surface area contributed by atoms with Crippen molar-refractivity contribution in [3.63, 3.8) is 0 Å². The summed E-state index contributed by atoms with van der Waals surface area (Å²) in [6.45, 7) is 3.50. The molecule has 0 radical (unpaired) electrons. The fraction of sp³-hybridized carbons (Fsp3) is 0.333. The topological polar surface area (TPSA) is 58.2 Å². The normalized spacial score (nSPS) is 10.4. The maximum atomic E-state index is 13.3. The Kier molecular flexibility index (Phi) is 5.75. The zero-order valence-electron chi connectivity index (χ0n) is 10.5. The van der Waals surface area contributed by atoms with Crippen molar-refractivity contribution in [1.29, 1.82) is 0 Å². The summed E-state index contributed by atoms with van der Waals surface area (Å²) in [6.07, 6.45) is 0. The molecule has 1 aromatic carbocycles. The molecular weight excluding hydrogens is 274 g/mol. The number of halogens is 2. The Morgan fingerprint density at radius 1 is 1.32 bits per heavy atom. The van der Waals surface area contributed by atoms with Crippen molar-refractivity contribution in [2.24, 2.45) is 0 Å². The van der Waals surface area contributed by atoms with Crippen molar-refractivity contribution in [2.45, 2.75) is 24.8 Å². The van der Waals surface area contributed by atoms with E-state index in [9.17, 15) is 18.4 Å². The van der Waals surface area contributed by atoms with E-state index in [1.54, 1.807) is 13.8 Å². The van der Waals surface area contributed by atoms with Gasteiger partial charge in [-0.05, 0) is 32.0 Å². The number of amides is 3. The van der Waals surface area contributed by atoms with Crippen LogP contribution in [0.4, 0.5) is 13.6 Å². The van der Waals surface area contributed by atoms with Gasteiger partial charge in [0, 0.05) is 10.9 Å². The number of carbonyl (C=O) groups is 2. The number of imide groups is 1. The van der Waals surface area contributed by atoms with E-state index >= 15 is 0 Å². The lowest BCUT2D eigenvalue weighted by Crippen LogP contribution is -2.43. The van der Waals surface area contributed by atoms with Crippen molar-refractivity contribution in [3.8, 4) is 0 Å². The summed E-state index contributed by atoms with van der Waals surface area (Å²) in [4.78, 5) is 22.6. The highest BCUT2D eigenvalue weighted by atomic mass is 32.2. The fourth-order valence-electron chi connectivity index (χ4n) is 1.19. The molecule has 0 aliphatic heterocycles. The van der Waals surface area contributed by atoms with Crippen molar-refractivity contribution in [3.05, 3.63) is 29.8 Å². The third-order valence-electron chi connectivity index (χ3n) is 1.92. The van der Waals surface area contributed by atoms with Gasteiger partial charge in [0.05, 0.1) is 5.75 Å². The van der Waals surface area contributed by atoms with Crippen LogP contribution in [0.5, 0.6) is 0 Å². The first-order chi connectivity index (χ1) is 8.88. The van der Waals surface area contributed by atoms with Gasteiger partial charge in [-0.2, -0.15) is 0 Å². The van der Waals surface area contributed by atoms with Gasteiger partial charge in [-0.25, -0.2) is 13.6 Å². The van der Waals surface area contributed by atoms with Crippen molar-refractivity contribution in [2.75, 3.05) is 5.75 Å². The first kappa shape index (κ1) is 15.4. The van der Waals surface area contributed by atoms with Gasteiger partial charge in [0.1, 0.15) is 11.6 Å². The monoisotopic (exact) mass is 288 g/mol. The smallest absolute Gasteiger partial charge is 0.321 e. The molecule has 0 saturated carbocycles. The van der Waals surface area contributed by atoms with Crippen LogP contribution >= 0.6 is 11.8 Å². The van der Waals surface area contributed by atoms with Gasteiger partial charge in [0.25, 0.3) is 0 Å². The molecule has 1 aromatic rings. The minimum Gasteiger partial charge on any atom is -0.336 e. The molecule has 3 amide bonds. The number of thioether (sulfide) groups is 1. The minimum atomic E-state index is -0.611. The first-order valence-electron chi connectivity index (χ1n) is 5.56. The van der Waals surface area contributed by atoms with Gasteiger partial charge in [0.15, 0.2) is 0 Å². The molecular formula is C12H14F2N2O2S. The van der Waals surface area contributed by atoms with Gasteiger partial charge in [-0.15, -0.1) is 11.8 Å². The van der Waals surface area contributed by atoms with E-state index in [4.69, 9.17) is 0 Å². The quantitative estimate of drug-likeness (QED) is 0.836. The van der Waals surface area contributed by atoms with Crippen molar-refractivity contribution < 1.29 is 18.4 Å². The highest BCUT2D eigenvalue weighted by molar-refractivity contribution is 8.00. The molecule has 19 heavy (non-hydrogen) atoms. The summed E-state index contributed by atoms with van der Waals surface area (Å²) in [7, 11) is 0. The number of hydrogen-bond acceptors (Lipinski definition) is 3. The highest BCUT2D eigenvalue weighted by Crippen LogP contribution is 2.22. The Balaban J connectivity index is 2.46. The van der Waals surface area contributed by atoms with Crippen LogP contribution in [0, 0.1) is 11.6 Å². The van der Waals surface area contributed by atoms with Gasteiger partial charge in [0.2, 0.25) is 5.91 Å². The van der Waals surface area contributed by atoms with Crippen LogP contribution in [0.1, 0.15) is 13.8 Å². The maximum absolute atomic E-state index is 13.3. The fourth-order valence-corrected chi connectivity index (χ4v) is 1.95. The summed E-state index contributed by atoms with van der Waals surface area (Å²) < 4.78 is 26.1. The second-order valence-corrected chi connectivity index (χ2v) is 5.06. The summed E-state index contributed by atoms with van der Waals surface area (Å²) in [5.41, 5.74) is 0. The van der Waals surface area contributed by atoms with Crippen LogP contribution in [-0.2, 0) is 4.79 Å². The van der Waals surface area contributed by atoms with Crippen molar-refractivity contribution >= 4 is 23.7 Å². The molecule has 7 heteroatoms. The molecule has 0 unspecified atom stereocenters. The average molecular weight is 288 g/mol. The molecule has 0 atom stereocenters. The Morgan fingerprint density at radius 3 is 2.63 bits per heavy atom. The van der Waals surface area contributed by atoms with Gasteiger partial charge in [-0.1, -0.05) is 0 Å². The number of urea groups is 1. The third-order valence-corrected chi connectivity index (χ3v) is 2.96. The van der Waals surface area contributed by atoms with Crippen LogP contribution in [0.25, 0.3) is 0 Å². The molecule has 0 saturated heterocycles. The van der Waals surface area contributed by atoms with E-state index in [0.29, 0.717) is 0 Å². The molecule has 0 bridgehead atoms. The number of nitrogens with one attached hydrogen (secondary N) is 2. The van der Waals surface area contributed by atoms with E-state index in [1.165, 1.54) is 0 Å². The second-order valence-electron chi connectivity index (χ2n) is 4.04. The van der Waals surface area contributed by atoms with E-state index < -0.39 is 23.6 Å². The average Bonchev–Trinajstić information content (AvgIpc) is 2.29. The van der Waals surface area contributed by atoms with E-state index in [-0.39, 0.29) is 16.7 Å². The van der Waals surface area contributed by atoms with Crippen LogP contribution < -0.4 is 10.6 Å². The van der Waals surface area contributed by atoms with Crippen LogP contribution in [0.15, 0.2) is 23.1 Å². The molecule has 0 aliphatic rings. The van der Waals surface area contributed by atoms with Gasteiger partial charge < -0.3 is 5.32 Å². The highest BCUT2D eigenvalue weighted by Gasteiger charge is 2.11. The predicted molar refractivity (Wildman–Crippen MR) is 68.9 cm³/mol. The molecule has 1 rings (SSSR count). The molecule has 0 heterocycles. The maximum Gasteiger partial charge on any atom is 0.321 e. The molecule has 0 aromatic heterocycles. The molecule has 2 N–H and O–H groups in total. The van der Waals surface area contributed by atoms with E-state index in [2.05, 4.69) is 10.6 Å². The number of rotatable bonds is 4. The molecule has 104 valence electrons. The van der Waals surface area contributed by atoms with Crippen LogP contribution in [0.2, 0.25) is 0 Å². The Labute approximate surface area is 113 Å². The summed E-state index contributed by atoms with van der Waals surface area (Å²) >= 11 is 0.823. The number of carbonyl (C=O) groups excluding carboxylic acids is 2. The largest absolute Gasteiger partial charge is 0.336 e. The number of benzene rings is 1. The molecule has 4 nitrogen and oxygen atoms in total. The lowest BCUT2D eigenvalue weighted by Gasteiger charge is -2.09. The minimum absolute atomic E-state index is 0.0272. The Morgan fingerprint density at radius 2 is 2.00 bits per heavy atom. The summed E-state index contributed by atoms with van der Waals surface area (Å²) in [5, 5.41) is 4.57. The van der Waals surface area contributed by atoms with Crippen LogP contribution in [0.3, 0.4) is 0 Å². The molecule has 0 spiro atoms. The molecule has 0 aliphatic carbocycles. The predicted octanol–water partition coefficient (Wildman–Crippen LogP) is 2.29. The lowest BCUT2D eigenvalue weighted by atomic mass is 10.3. The second kappa shape index (κ2) is 7.08. The van der Waals surface area contributed by atoms with E-state index in [1.807, 2.05) is 0 Å². The number of hydrogen-bond donors (Lipinski definition) is 2. The van der Waals surface area contributed by atoms with E-state index in [0.717, 1.165) is 30.0 Å². The SMILES string of the molecule is CC(C)NC(=O)NC(=O)CSc1cc(F)ccc1F. The lowest BCUT2D eigenvalue weighted by molar-refractivity contribution is -0.117. The third kappa shape index (κ3) is 5.69. The molecule has 0 fully saturated rings. The first-order valence-corrected chi connectivity index (χ1v) is 6.55. The van der Waals surface area contributed by atoms with Gasteiger partial charge in [-0.3, -0.25) is 10.1 Å². The van der Waals surface area contributed by atoms with Crippen molar-refractivity contribution in [1.82, 2.24) is 10.6 Å². The Bertz CT molecular complexity index is 481. The summed E-state index contributed by atoms with van der Waals surface area (Å²) in [5.74, 6) is -1.94. The zero-order chi connectivity index (χ0) is 14.4. The standard InChI is InChI=1S/C12H14F2N2O2S/c1-7(2)15-12(18)16-11(17)6-19-10-5-8(13)3-4-9(10)14/h3-5,7H,6H2,1-2H3,(H2,15,16,17,18). The summed E-state index contributed by atoms with van der Waals surface area (Å²) in [6, 6.07) is 2.28. The Hall–Kier alpha value is -1.63. The van der Waals surface area contributed by atoms with Crippen LogP contribution in [-0.4, -0.2) is 23.7 Å².